The number of thiol groups is 1. The van der Waals surface area contributed by atoms with Gasteiger partial charge in [0.25, 0.3) is 0 Å². The molecule has 6 aromatic carbocycles. The third kappa shape index (κ3) is 5.62. The molecule has 0 aliphatic heterocycles. The van der Waals surface area contributed by atoms with Crippen LogP contribution >= 0.6 is 24.4 Å². The molecule has 226 valence electrons. The van der Waals surface area contributed by atoms with Gasteiger partial charge in [0.15, 0.2) is 0 Å². The number of nitrogens with two attached hydrogens (primary N) is 2. The number of hydrogen-bond donors (Lipinski definition) is 3. The summed E-state index contributed by atoms with van der Waals surface area (Å²) >= 11 is 5.57. The van der Waals surface area contributed by atoms with Gasteiger partial charge in [-0.25, -0.2) is 0 Å². The highest BCUT2D eigenvalue weighted by atomic mass is 32.2. The Morgan fingerprint density at radius 2 is 0.870 bits per heavy atom. The van der Waals surface area contributed by atoms with E-state index >= 15 is 0 Å². The maximum absolute atomic E-state index is 5.83. The van der Waals surface area contributed by atoms with Crippen LogP contribution < -0.4 is 11.5 Å². The SMILES string of the molecule is Cc1ccc(-n2c3ccccc3c3ccccc32)cc1.N/C(S)=C(/N)SCc1ccc(-n2c3ccccc3c3ccccc32)cc1. The number of para-hydroxylation sites is 4. The predicted octanol–water partition coefficient (Wildman–Crippen LogP) is 10.1. The second kappa shape index (κ2) is 12.8. The third-order valence-corrected chi connectivity index (χ3v) is 9.69. The molecule has 0 spiro atoms. The molecule has 0 amide bonds. The second-order valence-corrected chi connectivity index (χ2v) is 12.8. The van der Waals surface area contributed by atoms with E-state index in [1.807, 2.05) is 0 Å². The van der Waals surface area contributed by atoms with Crippen molar-refractivity contribution >= 4 is 68.0 Å². The molecule has 46 heavy (non-hydrogen) atoms. The van der Waals surface area contributed by atoms with Gasteiger partial charge in [-0.2, -0.15) is 0 Å². The van der Waals surface area contributed by atoms with Crippen molar-refractivity contribution in [2.75, 3.05) is 0 Å². The van der Waals surface area contributed by atoms with E-state index in [9.17, 15) is 0 Å². The summed E-state index contributed by atoms with van der Waals surface area (Å²) in [4.78, 5) is 0. The second-order valence-electron chi connectivity index (χ2n) is 11.3. The van der Waals surface area contributed by atoms with Gasteiger partial charge in [0.1, 0.15) is 0 Å². The summed E-state index contributed by atoms with van der Waals surface area (Å²) in [6, 6.07) is 51.5. The van der Waals surface area contributed by atoms with Crippen molar-refractivity contribution in [2.24, 2.45) is 11.5 Å². The molecule has 2 aromatic heterocycles. The molecule has 0 aliphatic rings. The van der Waals surface area contributed by atoms with Crippen LogP contribution in [0.25, 0.3) is 55.0 Å². The molecule has 6 heteroatoms. The monoisotopic (exact) mass is 634 g/mol. The average Bonchev–Trinajstić information content (AvgIpc) is 3.61. The topological polar surface area (TPSA) is 61.9 Å². The van der Waals surface area contributed by atoms with Gasteiger partial charge in [0, 0.05) is 38.7 Å². The van der Waals surface area contributed by atoms with Crippen LogP contribution in [0.4, 0.5) is 0 Å². The van der Waals surface area contributed by atoms with Gasteiger partial charge in [0.2, 0.25) is 0 Å². The summed E-state index contributed by atoms with van der Waals surface area (Å²) in [5, 5.41) is 6.08. The Balaban J connectivity index is 0.000000152. The number of thioether (sulfide) groups is 1. The lowest BCUT2D eigenvalue weighted by Gasteiger charge is -2.09. The minimum Gasteiger partial charge on any atom is -0.392 e. The van der Waals surface area contributed by atoms with Crippen LogP contribution in [-0.2, 0) is 5.75 Å². The summed E-state index contributed by atoms with van der Waals surface area (Å²) in [5.74, 6) is 0.764. The average molecular weight is 635 g/mol. The van der Waals surface area contributed by atoms with E-state index in [1.54, 1.807) is 0 Å². The van der Waals surface area contributed by atoms with Crippen molar-refractivity contribution < 1.29 is 0 Å². The van der Waals surface area contributed by atoms with Crippen LogP contribution in [0.2, 0.25) is 0 Å². The maximum Gasteiger partial charge on any atom is 0.0957 e. The van der Waals surface area contributed by atoms with Crippen LogP contribution in [0, 0.1) is 6.92 Å². The van der Waals surface area contributed by atoms with E-state index in [0.29, 0.717) is 10.1 Å². The molecule has 2 heterocycles. The fourth-order valence-corrected chi connectivity index (χ4v) is 6.93. The van der Waals surface area contributed by atoms with Gasteiger partial charge in [-0.3, -0.25) is 0 Å². The maximum atomic E-state index is 5.83. The minimum atomic E-state index is 0.372. The van der Waals surface area contributed by atoms with Crippen LogP contribution in [0.3, 0.4) is 0 Å². The van der Waals surface area contributed by atoms with Crippen molar-refractivity contribution in [3.05, 3.63) is 167 Å². The third-order valence-electron chi connectivity index (χ3n) is 8.29. The normalized spacial score (nSPS) is 12.0. The number of fused-ring (bicyclic) bond motifs is 6. The molecule has 0 fully saturated rings. The number of hydrogen-bond acceptors (Lipinski definition) is 4. The van der Waals surface area contributed by atoms with E-state index < -0.39 is 0 Å². The van der Waals surface area contributed by atoms with Crippen LogP contribution in [0.5, 0.6) is 0 Å². The largest absolute Gasteiger partial charge is 0.392 e. The number of aromatic nitrogens is 2. The predicted molar refractivity (Wildman–Crippen MR) is 202 cm³/mol. The molecular weight excluding hydrogens is 601 g/mol. The van der Waals surface area contributed by atoms with E-state index in [1.165, 1.54) is 72.2 Å². The summed E-state index contributed by atoms with van der Waals surface area (Å²) < 4.78 is 4.64. The Kier molecular flexibility index (Phi) is 8.22. The first-order valence-corrected chi connectivity index (χ1v) is 16.6. The van der Waals surface area contributed by atoms with Crippen molar-refractivity contribution in [1.82, 2.24) is 9.13 Å². The highest BCUT2D eigenvalue weighted by Crippen LogP contribution is 2.33. The molecule has 8 rings (SSSR count). The van der Waals surface area contributed by atoms with Gasteiger partial charge in [-0.05, 0) is 61.0 Å². The smallest absolute Gasteiger partial charge is 0.0957 e. The molecule has 0 saturated carbocycles. The van der Waals surface area contributed by atoms with Gasteiger partial charge >= 0.3 is 0 Å². The Labute approximate surface area is 278 Å². The molecule has 4 N–H and O–H groups in total. The lowest BCUT2D eigenvalue weighted by molar-refractivity contribution is 1.17. The van der Waals surface area contributed by atoms with E-state index in [0.717, 1.165) is 11.4 Å². The molecule has 4 nitrogen and oxygen atoms in total. The molecule has 8 aromatic rings. The van der Waals surface area contributed by atoms with Gasteiger partial charge in [-0.15, -0.1) is 24.4 Å². The summed E-state index contributed by atoms with van der Waals surface area (Å²) in [6.45, 7) is 2.12. The summed E-state index contributed by atoms with van der Waals surface area (Å²) in [5.41, 5.74) is 21.2. The van der Waals surface area contributed by atoms with Gasteiger partial charge in [0.05, 0.1) is 32.1 Å². The van der Waals surface area contributed by atoms with E-state index in [-0.39, 0.29) is 0 Å². The fraction of sp³-hybridized carbons (Fsp3) is 0.0500. The molecule has 0 radical (unpaired) electrons. The standard InChI is InChI=1S/C21H19N3S2.C19H15N/c22-20(25)21(23)26-13-14-9-11-15(12-10-14)24-18-7-3-1-5-16(18)17-6-2-4-8-19(17)24;1-14-10-12-15(13-11-14)20-18-8-4-2-6-16(18)17-7-3-5-9-19(17)20/h1-12,25H,13,22-23H2;2-13H,1H3/b21-20+;. The van der Waals surface area contributed by atoms with Crippen molar-refractivity contribution in [3.8, 4) is 11.4 Å². The Bertz CT molecular complexity index is 2240. The first-order valence-electron chi connectivity index (χ1n) is 15.2. The Morgan fingerprint density at radius 1 is 0.522 bits per heavy atom. The zero-order valence-electron chi connectivity index (χ0n) is 25.5. The summed E-state index contributed by atoms with van der Waals surface area (Å²) in [6.07, 6.45) is 0. The van der Waals surface area contributed by atoms with Crippen molar-refractivity contribution in [2.45, 2.75) is 12.7 Å². The molecular formula is C40H34N4S2. The number of rotatable bonds is 5. The molecule has 0 saturated heterocycles. The molecule has 0 unspecified atom stereocenters. The molecule has 0 bridgehead atoms. The minimum absolute atomic E-state index is 0.372. The first kappa shape index (κ1) is 29.7. The number of nitrogens with zero attached hydrogens (tertiary/aromatic N) is 2. The highest BCUT2D eigenvalue weighted by molar-refractivity contribution is 8.03. The Morgan fingerprint density at radius 3 is 1.24 bits per heavy atom. The number of aryl methyl sites for hydroxylation is 1. The Hall–Kier alpha value is -5.04. The number of benzene rings is 6. The van der Waals surface area contributed by atoms with Crippen molar-refractivity contribution in [3.63, 3.8) is 0 Å². The first-order chi connectivity index (χ1) is 22.5. The zero-order valence-corrected chi connectivity index (χ0v) is 27.2. The van der Waals surface area contributed by atoms with Crippen molar-refractivity contribution in [1.29, 1.82) is 0 Å². The van der Waals surface area contributed by atoms with Crippen LogP contribution in [0.1, 0.15) is 11.1 Å². The summed E-state index contributed by atoms with van der Waals surface area (Å²) in [7, 11) is 0. The van der Waals surface area contributed by atoms with Crippen LogP contribution in [0.15, 0.2) is 156 Å². The highest BCUT2D eigenvalue weighted by Gasteiger charge is 2.12. The van der Waals surface area contributed by atoms with E-state index in [4.69, 9.17) is 11.5 Å². The molecule has 0 atom stereocenters. The van der Waals surface area contributed by atoms with Gasteiger partial charge in [-0.1, -0.05) is 103 Å². The van der Waals surface area contributed by atoms with Gasteiger partial charge < -0.3 is 20.6 Å². The fourth-order valence-electron chi connectivity index (χ4n) is 6.07. The lowest BCUT2D eigenvalue weighted by atomic mass is 10.2. The molecule has 0 aliphatic carbocycles. The lowest BCUT2D eigenvalue weighted by Crippen LogP contribution is -2.02. The van der Waals surface area contributed by atoms with E-state index in [2.05, 4.69) is 174 Å². The zero-order chi connectivity index (χ0) is 31.6. The van der Waals surface area contributed by atoms with Crippen LogP contribution in [-0.4, -0.2) is 9.13 Å². The quantitative estimate of drug-likeness (QED) is 0.165.